The van der Waals surface area contributed by atoms with Crippen molar-refractivity contribution in [2.45, 2.75) is 44.7 Å². The van der Waals surface area contributed by atoms with Crippen molar-refractivity contribution in [3.63, 3.8) is 0 Å². The molecule has 2 N–H and O–H groups in total. The molecule has 2 aromatic rings. The summed E-state index contributed by atoms with van der Waals surface area (Å²) in [5, 5.41) is 9.76. The topological polar surface area (TPSA) is 96.3 Å². The predicted molar refractivity (Wildman–Crippen MR) is 123 cm³/mol. The molecular weight excluding hydrogens is 430 g/mol. The Morgan fingerprint density at radius 1 is 1.03 bits per heavy atom. The van der Waals surface area contributed by atoms with E-state index in [0.29, 0.717) is 29.8 Å². The molecule has 0 bridgehead atoms. The number of nitrogens with zero attached hydrogens (tertiary/aromatic N) is 3. The van der Waals surface area contributed by atoms with Crippen molar-refractivity contribution >= 4 is 29.1 Å². The number of anilines is 1. The monoisotopic (exact) mass is 457 g/mol. The molecule has 1 aromatic heterocycles. The van der Waals surface area contributed by atoms with Crippen LogP contribution in [0.15, 0.2) is 41.2 Å². The average molecular weight is 458 g/mol. The van der Waals surface area contributed by atoms with E-state index >= 15 is 0 Å². The van der Waals surface area contributed by atoms with E-state index in [0.717, 1.165) is 11.1 Å². The van der Waals surface area contributed by atoms with Gasteiger partial charge in [0.25, 0.3) is 11.5 Å². The number of hydrogen-bond donors (Lipinski definition) is 2. The van der Waals surface area contributed by atoms with Crippen LogP contribution in [0.5, 0.6) is 0 Å². The van der Waals surface area contributed by atoms with E-state index < -0.39 is 11.5 Å². The number of hydrogen-bond acceptors (Lipinski definition) is 5. The first kappa shape index (κ1) is 22.5. The van der Waals surface area contributed by atoms with Crippen LogP contribution in [0.25, 0.3) is 0 Å². The Morgan fingerprint density at radius 3 is 2.62 bits per heavy atom. The van der Waals surface area contributed by atoms with Gasteiger partial charge < -0.3 is 15.5 Å². The maximum Gasteiger partial charge on any atom is 0.267 e. The van der Waals surface area contributed by atoms with Gasteiger partial charge in [0.15, 0.2) is 0 Å². The lowest BCUT2D eigenvalue weighted by Crippen LogP contribution is -2.51. The summed E-state index contributed by atoms with van der Waals surface area (Å²) >= 11 is 5.77. The summed E-state index contributed by atoms with van der Waals surface area (Å²) in [6, 6.07) is 9.94. The van der Waals surface area contributed by atoms with Crippen molar-refractivity contribution in [3.05, 3.63) is 57.5 Å². The molecule has 0 aliphatic carbocycles. The van der Waals surface area contributed by atoms with E-state index in [1.54, 1.807) is 24.3 Å². The number of carbonyl (C=O) groups excluding carboxylic acids is 2. The average Bonchev–Trinajstić information content (AvgIpc) is 2.80. The largest absolute Gasteiger partial charge is 0.352 e. The third-order valence-corrected chi connectivity index (χ3v) is 6.51. The number of fused-ring (bicyclic) bond motifs is 1. The Hall–Kier alpha value is -2.71. The molecule has 8 nitrogen and oxygen atoms in total. The molecule has 9 heteroatoms. The summed E-state index contributed by atoms with van der Waals surface area (Å²) in [5.41, 5.74) is 0.671. The van der Waals surface area contributed by atoms with Crippen LogP contribution >= 0.6 is 11.6 Å². The van der Waals surface area contributed by atoms with Crippen molar-refractivity contribution in [1.82, 2.24) is 20.0 Å². The normalized spacial score (nSPS) is 20.9. The Bertz CT molecular complexity index is 1020. The zero-order valence-electron chi connectivity index (χ0n) is 17.9. The third kappa shape index (κ3) is 5.55. The summed E-state index contributed by atoms with van der Waals surface area (Å²) in [5.74, 6) is -0.00559. The standard InChI is InChI=1S/C23H28ClN5O3/c24-20-10-11-22(31)29(27-20)15-21(30)26-18-8-6-16(7-9-18)23(32)25-14-17-4-3-13-28-12-2-1-5-19(17)28/h6-11,17,19H,1-5,12-15H2,(H,25,32)(H,26,30)/t17-,19+/m0/s1. The van der Waals surface area contributed by atoms with Gasteiger partial charge in [-0.1, -0.05) is 18.0 Å². The highest BCUT2D eigenvalue weighted by atomic mass is 35.5. The zero-order valence-corrected chi connectivity index (χ0v) is 18.7. The van der Waals surface area contributed by atoms with Crippen molar-refractivity contribution in [1.29, 1.82) is 0 Å². The minimum Gasteiger partial charge on any atom is -0.352 e. The molecule has 2 aliphatic rings. The molecule has 0 saturated carbocycles. The van der Waals surface area contributed by atoms with Crippen molar-refractivity contribution < 1.29 is 9.59 Å². The lowest BCUT2D eigenvalue weighted by Gasteiger charge is -2.44. The molecule has 3 heterocycles. The Labute approximate surface area is 191 Å². The molecule has 2 atom stereocenters. The van der Waals surface area contributed by atoms with Crippen molar-refractivity contribution in [2.24, 2.45) is 5.92 Å². The van der Waals surface area contributed by atoms with E-state index in [1.165, 1.54) is 50.9 Å². The quantitative estimate of drug-likeness (QED) is 0.694. The minimum atomic E-state index is -0.411. The second-order valence-corrected chi connectivity index (χ2v) is 8.88. The fourth-order valence-corrected chi connectivity index (χ4v) is 4.87. The van der Waals surface area contributed by atoms with Gasteiger partial charge in [0, 0.05) is 29.9 Å². The van der Waals surface area contributed by atoms with E-state index in [4.69, 9.17) is 11.6 Å². The van der Waals surface area contributed by atoms with Crippen molar-refractivity contribution in [2.75, 3.05) is 25.0 Å². The second kappa shape index (κ2) is 10.3. The van der Waals surface area contributed by atoms with Crippen LogP contribution in [-0.2, 0) is 11.3 Å². The lowest BCUT2D eigenvalue weighted by atomic mass is 9.83. The number of carbonyl (C=O) groups is 2. The highest BCUT2D eigenvalue weighted by Crippen LogP contribution is 2.30. The maximum absolute atomic E-state index is 12.6. The van der Waals surface area contributed by atoms with E-state index in [-0.39, 0.29) is 17.6 Å². The van der Waals surface area contributed by atoms with Gasteiger partial charge in [0.1, 0.15) is 11.7 Å². The van der Waals surface area contributed by atoms with Crippen LogP contribution in [0.2, 0.25) is 5.15 Å². The molecule has 1 aromatic carbocycles. The maximum atomic E-state index is 12.6. The summed E-state index contributed by atoms with van der Waals surface area (Å²) in [6.07, 6.45) is 6.15. The summed E-state index contributed by atoms with van der Waals surface area (Å²) in [4.78, 5) is 39.2. The highest BCUT2D eigenvalue weighted by molar-refractivity contribution is 6.29. The van der Waals surface area contributed by atoms with Crippen LogP contribution in [0.4, 0.5) is 5.69 Å². The Balaban J connectivity index is 1.29. The molecule has 32 heavy (non-hydrogen) atoms. The summed E-state index contributed by atoms with van der Waals surface area (Å²) < 4.78 is 0.998. The molecular formula is C23H28ClN5O3. The highest BCUT2D eigenvalue weighted by Gasteiger charge is 2.32. The van der Waals surface area contributed by atoms with Gasteiger partial charge in [0.05, 0.1) is 0 Å². The Kier molecular flexibility index (Phi) is 7.22. The molecule has 2 amide bonds. The van der Waals surface area contributed by atoms with E-state index in [2.05, 4.69) is 20.6 Å². The number of benzene rings is 1. The number of nitrogens with one attached hydrogen (secondary N) is 2. The molecule has 4 rings (SSSR count). The van der Waals surface area contributed by atoms with Gasteiger partial charge in [-0.15, -0.1) is 0 Å². The molecule has 170 valence electrons. The van der Waals surface area contributed by atoms with Crippen LogP contribution in [0, 0.1) is 5.92 Å². The number of amides is 2. The fraction of sp³-hybridized carbons (Fsp3) is 0.478. The van der Waals surface area contributed by atoms with Crippen LogP contribution in [-0.4, -0.2) is 52.2 Å². The molecule has 2 aliphatic heterocycles. The predicted octanol–water partition coefficient (Wildman–Crippen LogP) is 2.53. The number of aromatic nitrogens is 2. The van der Waals surface area contributed by atoms with Crippen molar-refractivity contribution in [3.8, 4) is 0 Å². The molecule has 2 fully saturated rings. The first-order chi connectivity index (χ1) is 15.5. The number of halogens is 1. The van der Waals surface area contributed by atoms with Crippen LogP contribution in [0.3, 0.4) is 0 Å². The second-order valence-electron chi connectivity index (χ2n) is 8.49. The van der Waals surface area contributed by atoms with E-state index in [1.807, 2.05) is 0 Å². The first-order valence-electron chi connectivity index (χ1n) is 11.2. The van der Waals surface area contributed by atoms with Gasteiger partial charge in [-0.2, -0.15) is 5.10 Å². The van der Waals surface area contributed by atoms with Crippen LogP contribution in [0.1, 0.15) is 42.5 Å². The first-order valence-corrected chi connectivity index (χ1v) is 11.5. The molecule has 0 unspecified atom stereocenters. The van der Waals surface area contributed by atoms with Gasteiger partial charge in [-0.25, -0.2) is 4.68 Å². The molecule has 0 spiro atoms. The molecule has 0 radical (unpaired) electrons. The van der Waals surface area contributed by atoms with E-state index in [9.17, 15) is 14.4 Å². The Morgan fingerprint density at radius 2 is 1.81 bits per heavy atom. The smallest absolute Gasteiger partial charge is 0.267 e. The minimum absolute atomic E-state index is 0.106. The van der Waals surface area contributed by atoms with Crippen LogP contribution < -0.4 is 16.2 Å². The third-order valence-electron chi connectivity index (χ3n) is 6.31. The van der Waals surface area contributed by atoms with Gasteiger partial charge in [0.2, 0.25) is 5.91 Å². The fourth-order valence-electron chi connectivity index (χ4n) is 4.72. The molecule has 2 saturated heterocycles. The van der Waals surface area contributed by atoms with Gasteiger partial charge in [-0.3, -0.25) is 14.4 Å². The lowest BCUT2D eigenvalue weighted by molar-refractivity contribution is -0.117. The number of piperidine rings is 2. The van der Waals surface area contributed by atoms with Gasteiger partial charge in [-0.05, 0) is 75.0 Å². The summed E-state index contributed by atoms with van der Waals surface area (Å²) in [7, 11) is 0. The van der Waals surface area contributed by atoms with Gasteiger partial charge >= 0.3 is 0 Å². The number of rotatable bonds is 6. The zero-order chi connectivity index (χ0) is 22.5. The SMILES string of the molecule is O=C(Cn1nc(Cl)ccc1=O)Nc1ccc(C(=O)NC[C@@H]2CCCN3CCCC[C@H]23)cc1. The summed E-state index contributed by atoms with van der Waals surface area (Å²) in [6.45, 7) is 2.82.